The van der Waals surface area contributed by atoms with Gasteiger partial charge in [-0.3, -0.25) is 9.59 Å². The van der Waals surface area contributed by atoms with Crippen LogP contribution in [0.4, 0.5) is 0 Å². The summed E-state index contributed by atoms with van der Waals surface area (Å²) >= 11 is 0. The first kappa shape index (κ1) is 62.5. The van der Waals surface area contributed by atoms with Gasteiger partial charge in [0.1, 0.15) is 29.7 Å². The van der Waals surface area contributed by atoms with E-state index >= 15 is 0 Å². The van der Waals surface area contributed by atoms with Crippen molar-refractivity contribution >= 4 is 24.1 Å². The van der Waals surface area contributed by atoms with Crippen LogP contribution in [0.3, 0.4) is 0 Å². The number of ketones is 2. The van der Waals surface area contributed by atoms with Crippen LogP contribution in [0, 0.1) is 46.8 Å². The molecule has 1 heterocycles. The molecule has 3 aliphatic rings. The number of aldehydes is 2. The minimum Gasteiger partial charge on any atom is -0.390 e. The van der Waals surface area contributed by atoms with E-state index < -0.39 is 0 Å². The normalized spacial score (nSPS) is 25.3. The zero-order valence-electron chi connectivity index (χ0n) is 44.7. The van der Waals surface area contributed by atoms with E-state index in [1.807, 2.05) is 47.6 Å². The van der Waals surface area contributed by atoms with Gasteiger partial charge in [-0.2, -0.15) is 0 Å². The summed E-state index contributed by atoms with van der Waals surface area (Å²) in [4.78, 5) is 46.2. The van der Waals surface area contributed by atoms with Gasteiger partial charge in [-0.15, -0.1) is 0 Å². The fourth-order valence-corrected chi connectivity index (χ4v) is 9.84. The van der Waals surface area contributed by atoms with Crippen molar-refractivity contribution in [2.75, 3.05) is 7.11 Å². The van der Waals surface area contributed by atoms with Gasteiger partial charge in [0, 0.05) is 31.8 Å². The summed E-state index contributed by atoms with van der Waals surface area (Å²) < 4.78 is 11.4. The highest BCUT2D eigenvalue weighted by molar-refractivity contribution is 5.81. The molecule has 0 radical (unpaired) electrons. The number of unbranched alkanes of at least 4 members (excludes halogenated alkanes) is 2. The second-order valence-electron chi connectivity index (χ2n) is 20.0. The number of carbonyl (C=O) groups is 4. The van der Waals surface area contributed by atoms with Crippen LogP contribution in [-0.2, 0) is 28.7 Å². The lowest BCUT2D eigenvalue weighted by molar-refractivity contribution is -0.123. The average molecular weight is 911 g/mol. The molecule has 0 aromatic rings. The van der Waals surface area contributed by atoms with Crippen LogP contribution in [0.15, 0.2) is 47.6 Å². The Morgan fingerprint density at radius 1 is 0.831 bits per heavy atom. The van der Waals surface area contributed by atoms with E-state index in [0.29, 0.717) is 48.1 Å². The average Bonchev–Trinajstić information content (AvgIpc) is 4.23. The minimum absolute atomic E-state index is 0.00629. The van der Waals surface area contributed by atoms with Crippen molar-refractivity contribution in [3.8, 4) is 0 Å². The van der Waals surface area contributed by atoms with Gasteiger partial charge in [0.2, 0.25) is 0 Å². The van der Waals surface area contributed by atoms with E-state index in [0.717, 1.165) is 82.4 Å². The fourth-order valence-electron chi connectivity index (χ4n) is 9.84. The molecule has 8 unspecified atom stereocenters. The number of allylic oxidation sites excluding steroid dienone is 8. The highest BCUT2D eigenvalue weighted by Gasteiger charge is 2.70. The number of Topliss-reactive ketones (excluding diaryl/α,β-unsaturated/α-hetero) is 2. The number of hydrogen-bond acceptors (Lipinski definition) is 7. The fraction of sp³-hybridized carbons (Fsp3) is 0.793. The zero-order valence-corrected chi connectivity index (χ0v) is 44.7. The van der Waals surface area contributed by atoms with Crippen molar-refractivity contribution in [3.63, 3.8) is 0 Å². The van der Waals surface area contributed by atoms with Crippen molar-refractivity contribution in [2.45, 2.75) is 243 Å². The first-order valence-electron chi connectivity index (χ1n) is 26.5. The summed E-state index contributed by atoms with van der Waals surface area (Å²) in [6.07, 6.45) is 34.2. The Morgan fingerprint density at radius 2 is 1.48 bits per heavy atom. The molecule has 2 saturated carbocycles. The molecule has 1 N–H and O–H groups in total. The van der Waals surface area contributed by atoms with Gasteiger partial charge < -0.3 is 24.2 Å². The number of ether oxygens (including phenoxy) is 2. The lowest BCUT2D eigenvalue weighted by Crippen LogP contribution is -2.36. The van der Waals surface area contributed by atoms with Crippen LogP contribution in [0.2, 0.25) is 0 Å². The second-order valence-corrected chi connectivity index (χ2v) is 20.0. The van der Waals surface area contributed by atoms with Gasteiger partial charge in [0.25, 0.3) is 0 Å². The number of aliphatic hydroxyl groups excluding tert-OH is 1. The summed E-state index contributed by atoms with van der Waals surface area (Å²) in [6.45, 7) is 28.9. The molecule has 0 amide bonds. The van der Waals surface area contributed by atoms with Crippen LogP contribution in [0.5, 0.6) is 0 Å². The lowest BCUT2D eigenvalue weighted by atomic mass is 9.72. The predicted octanol–water partition coefficient (Wildman–Crippen LogP) is 15.0. The molecule has 1 aliphatic heterocycles. The van der Waals surface area contributed by atoms with Gasteiger partial charge in [-0.05, 0) is 128 Å². The number of hydrogen-bond donors (Lipinski definition) is 1. The van der Waals surface area contributed by atoms with Crippen molar-refractivity contribution in [1.29, 1.82) is 0 Å². The third-order valence-corrected chi connectivity index (χ3v) is 14.8. The molecule has 1 saturated heterocycles. The molecular formula is C58H102O7. The van der Waals surface area contributed by atoms with Gasteiger partial charge in [0.05, 0.1) is 23.7 Å². The van der Waals surface area contributed by atoms with Gasteiger partial charge in [-0.1, -0.05) is 155 Å². The lowest BCUT2D eigenvalue weighted by Gasteiger charge is -2.36. The Bertz CT molecular complexity index is 1440. The molecule has 0 bridgehead atoms. The van der Waals surface area contributed by atoms with E-state index in [9.17, 15) is 24.3 Å². The van der Waals surface area contributed by atoms with Crippen molar-refractivity contribution in [3.05, 3.63) is 47.6 Å². The Morgan fingerprint density at radius 3 is 2.05 bits per heavy atom. The Balaban J connectivity index is 0.00000126. The summed E-state index contributed by atoms with van der Waals surface area (Å²) in [7, 11) is 1.72. The van der Waals surface area contributed by atoms with E-state index in [2.05, 4.69) is 78.8 Å². The van der Waals surface area contributed by atoms with E-state index in [1.54, 1.807) is 14.0 Å². The summed E-state index contributed by atoms with van der Waals surface area (Å²) in [6, 6.07) is 0. The molecule has 376 valence electrons. The summed E-state index contributed by atoms with van der Waals surface area (Å²) in [5.74, 6) is 3.38. The molecule has 0 aromatic heterocycles. The SMILES string of the molecule is CC.CC.CCCC(CC(C)C(C)=O)[C@@H](CCC)CC1CC[C@@H](O)C(OC)C1.C\C(=C/C=C/C=C/[C@@H](C)CC(C)C(=O)CC(C)/C(C)=C/CC=O)CCCCCC1OC1(C)C1(C=O)CC1. The first-order valence-corrected chi connectivity index (χ1v) is 26.5. The molecule has 7 heteroatoms. The van der Waals surface area contributed by atoms with Crippen LogP contribution < -0.4 is 0 Å². The van der Waals surface area contributed by atoms with Gasteiger partial charge >= 0.3 is 0 Å². The third-order valence-electron chi connectivity index (χ3n) is 14.8. The maximum Gasteiger partial charge on any atom is 0.136 e. The largest absolute Gasteiger partial charge is 0.390 e. The molecule has 7 nitrogen and oxygen atoms in total. The topological polar surface area (TPSA) is 110 Å². The standard InChI is InChI=1S/C33H50O4.C21H40O3.2C2H6/c1-25(15-10-8-12-18-31-32(6,37-31)33(24-35)19-20-33)14-9-7-11-16-26(2)22-29(5)30(36)23-28(4)27(3)17-13-21-34;1-6-8-18(12-15(3)16(4)22)19(9-7-2)13-17-10-11-20(23)21(14-17)24-5;2*1-2/h7,9,11,14,16-17,21,24,26,28-29,31H,8,10,12-13,15,18-20,22-23H2,1-6H3;15,17-21,23H,6-14H2,1-5H3;2*1-2H3/b9-7+,16-11+,25-14+,27-17+;;;/t26-,28?,29?,31?,32?;15?,17?,18?,19-,20+,21?;;/m10../s1. The molecule has 11 atom stereocenters. The van der Waals surface area contributed by atoms with Crippen LogP contribution >= 0.6 is 0 Å². The quantitative estimate of drug-likeness (QED) is 0.0251. The predicted molar refractivity (Wildman–Crippen MR) is 275 cm³/mol. The molecule has 3 rings (SSSR count). The Kier molecular flexibility index (Phi) is 33.4. The van der Waals surface area contributed by atoms with Crippen LogP contribution in [-0.4, -0.2) is 60.3 Å². The van der Waals surface area contributed by atoms with Crippen molar-refractivity contribution in [2.24, 2.45) is 46.8 Å². The number of epoxide rings is 1. The van der Waals surface area contributed by atoms with E-state index in [4.69, 9.17) is 9.47 Å². The Labute approximate surface area is 400 Å². The third kappa shape index (κ3) is 23.4. The van der Waals surface area contributed by atoms with Crippen molar-refractivity contribution in [1.82, 2.24) is 0 Å². The minimum atomic E-state index is -0.292. The van der Waals surface area contributed by atoms with E-state index in [-0.39, 0.29) is 47.1 Å². The highest BCUT2D eigenvalue weighted by atomic mass is 16.6. The highest BCUT2D eigenvalue weighted by Crippen LogP contribution is 2.63. The number of carbonyl (C=O) groups excluding carboxylic acids is 4. The molecule has 65 heavy (non-hydrogen) atoms. The zero-order chi connectivity index (χ0) is 49.6. The molecular weight excluding hydrogens is 809 g/mol. The van der Waals surface area contributed by atoms with Crippen LogP contribution in [0.25, 0.3) is 0 Å². The summed E-state index contributed by atoms with van der Waals surface area (Å²) in [5, 5.41) is 10.0. The van der Waals surface area contributed by atoms with E-state index in [1.165, 1.54) is 50.5 Å². The molecule has 0 aromatic carbocycles. The molecule has 0 spiro atoms. The maximum atomic E-state index is 12.6. The van der Waals surface area contributed by atoms with Crippen molar-refractivity contribution < 1.29 is 33.8 Å². The smallest absolute Gasteiger partial charge is 0.136 e. The van der Waals surface area contributed by atoms with Gasteiger partial charge in [0.15, 0.2) is 0 Å². The summed E-state index contributed by atoms with van der Waals surface area (Å²) in [5.41, 5.74) is 2.15. The van der Waals surface area contributed by atoms with Crippen LogP contribution in [0.1, 0.15) is 219 Å². The first-order chi connectivity index (χ1) is 31.0. The maximum absolute atomic E-state index is 12.6. The number of rotatable bonds is 30. The second kappa shape index (κ2) is 34.8. The monoisotopic (exact) mass is 911 g/mol. The van der Waals surface area contributed by atoms with Gasteiger partial charge in [-0.25, -0.2) is 0 Å². The molecule has 3 fully saturated rings. The number of methoxy groups -OCH3 is 1. The molecule has 2 aliphatic carbocycles. The Hall–Kier alpha value is -2.48. The number of aliphatic hydroxyl groups is 1.